The highest BCUT2D eigenvalue weighted by molar-refractivity contribution is 5.85. The molecule has 1 amide bonds. The lowest BCUT2D eigenvalue weighted by molar-refractivity contribution is -0.126. The summed E-state index contributed by atoms with van der Waals surface area (Å²) in [4.78, 5) is 11.4. The zero-order valence-corrected chi connectivity index (χ0v) is 8.81. The van der Waals surface area contributed by atoms with Crippen LogP contribution >= 0.6 is 0 Å². The number of carbonyl (C=O) groups excluding carboxylic acids is 1. The van der Waals surface area contributed by atoms with E-state index in [9.17, 15) is 4.79 Å². The van der Waals surface area contributed by atoms with Crippen molar-refractivity contribution in [2.75, 3.05) is 6.54 Å². The van der Waals surface area contributed by atoms with E-state index in [0.29, 0.717) is 0 Å². The standard InChI is InChI=1S/C10H20N2O/c1-4-7-12-10(3,8(11)13)9(2)5-6-9/h12H,4-7H2,1-3H3,(H2,11,13). The third kappa shape index (κ3) is 1.70. The fraction of sp³-hybridized carbons (Fsp3) is 0.900. The van der Waals surface area contributed by atoms with Crippen LogP contribution in [0.5, 0.6) is 0 Å². The molecular weight excluding hydrogens is 164 g/mol. The topological polar surface area (TPSA) is 55.1 Å². The van der Waals surface area contributed by atoms with Crippen molar-refractivity contribution >= 4 is 5.91 Å². The van der Waals surface area contributed by atoms with Crippen LogP contribution in [0.15, 0.2) is 0 Å². The summed E-state index contributed by atoms with van der Waals surface area (Å²) in [6, 6.07) is 0. The van der Waals surface area contributed by atoms with Crippen LogP contribution in [0.4, 0.5) is 0 Å². The Morgan fingerprint density at radius 2 is 2.15 bits per heavy atom. The molecule has 0 aromatic rings. The summed E-state index contributed by atoms with van der Waals surface area (Å²) in [7, 11) is 0. The molecule has 0 saturated heterocycles. The molecule has 1 aliphatic rings. The first-order chi connectivity index (χ1) is 5.96. The van der Waals surface area contributed by atoms with Crippen LogP contribution in [0, 0.1) is 5.41 Å². The molecule has 3 heteroatoms. The van der Waals surface area contributed by atoms with E-state index in [1.165, 1.54) is 0 Å². The minimum Gasteiger partial charge on any atom is -0.368 e. The van der Waals surface area contributed by atoms with Crippen LogP contribution in [-0.2, 0) is 4.79 Å². The Hall–Kier alpha value is -0.570. The first kappa shape index (κ1) is 10.5. The number of nitrogens with one attached hydrogen (secondary N) is 1. The van der Waals surface area contributed by atoms with Crippen LogP contribution in [-0.4, -0.2) is 18.0 Å². The van der Waals surface area contributed by atoms with E-state index in [-0.39, 0.29) is 11.3 Å². The van der Waals surface area contributed by atoms with E-state index in [2.05, 4.69) is 19.2 Å². The van der Waals surface area contributed by atoms with Crippen LogP contribution in [0.25, 0.3) is 0 Å². The van der Waals surface area contributed by atoms with Gasteiger partial charge in [-0.05, 0) is 38.1 Å². The van der Waals surface area contributed by atoms with Crippen LogP contribution < -0.4 is 11.1 Å². The molecule has 0 aliphatic heterocycles. The molecule has 1 rings (SSSR count). The van der Waals surface area contributed by atoms with Gasteiger partial charge >= 0.3 is 0 Å². The Balaban J connectivity index is 2.69. The number of nitrogens with two attached hydrogens (primary N) is 1. The number of rotatable bonds is 5. The monoisotopic (exact) mass is 184 g/mol. The molecule has 0 spiro atoms. The summed E-state index contributed by atoms with van der Waals surface area (Å²) >= 11 is 0. The summed E-state index contributed by atoms with van der Waals surface area (Å²) in [5.74, 6) is -0.221. The Morgan fingerprint density at radius 3 is 2.46 bits per heavy atom. The second-order valence-electron chi connectivity index (χ2n) is 4.48. The molecule has 0 aromatic heterocycles. The Morgan fingerprint density at radius 1 is 1.62 bits per heavy atom. The lowest BCUT2D eigenvalue weighted by Gasteiger charge is -2.34. The molecule has 1 aliphatic carbocycles. The maximum Gasteiger partial charge on any atom is 0.238 e. The SMILES string of the molecule is CCCNC(C)(C(N)=O)C1(C)CC1. The summed E-state index contributed by atoms with van der Waals surface area (Å²) in [5, 5.41) is 3.27. The highest BCUT2D eigenvalue weighted by Crippen LogP contribution is 2.53. The molecule has 0 radical (unpaired) electrons. The molecule has 1 fully saturated rings. The molecule has 3 nitrogen and oxygen atoms in total. The Bertz CT molecular complexity index is 211. The first-order valence-corrected chi connectivity index (χ1v) is 5.01. The average molecular weight is 184 g/mol. The fourth-order valence-electron chi connectivity index (χ4n) is 1.66. The minimum absolute atomic E-state index is 0.0913. The maximum absolute atomic E-state index is 11.4. The summed E-state index contributed by atoms with van der Waals surface area (Å²) < 4.78 is 0. The fourth-order valence-corrected chi connectivity index (χ4v) is 1.66. The summed E-state index contributed by atoms with van der Waals surface area (Å²) in [6.07, 6.45) is 3.23. The molecular formula is C10H20N2O. The predicted molar refractivity (Wildman–Crippen MR) is 53.2 cm³/mol. The largest absolute Gasteiger partial charge is 0.368 e. The van der Waals surface area contributed by atoms with Gasteiger partial charge in [0.15, 0.2) is 0 Å². The summed E-state index contributed by atoms with van der Waals surface area (Å²) in [5.41, 5.74) is 5.02. The van der Waals surface area contributed by atoms with Gasteiger partial charge in [-0.3, -0.25) is 4.79 Å². The van der Waals surface area contributed by atoms with Crippen molar-refractivity contribution in [3.8, 4) is 0 Å². The lowest BCUT2D eigenvalue weighted by atomic mass is 9.83. The van der Waals surface area contributed by atoms with Crippen LogP contribution in [0.2, 0.25) is 0 Å². The number of primary amides is 1. The molecule has 0 heterocycles. The number of hydrogen-bond donors (Lipinski definition) is 2. The van der Waals surface area contributed by atoms with Gasteiger partial charge in [0.25, 0.3) is 0 Å². The smallest absolute Gasteiger partial charge is 0.238 e. The molecule has 1 unspecified atom stereocenters. The highest BCUT2D eigenvalue weighted by Gasteiger charge is 2.56. The van der Waals surface area contributed by atoms with E-state index in [1.54, 1.807) is 0 Å². The van der Waals surface area contributed by atoms with Crippen LogP contribution in [0.1, 0.15) is 40.0 Å². The number of carbonyl (C=O) groups is 1. The van der Waals surface area contributed by atoms with Gasteiger partial charge in [0.1, 0.15) is 5.54 Å². The van der Waals surface area contributed by atoms with Gasteiger partial charge in [0.2, 0.25) is 5.91 Å². The second-order valence-corrected chi connectivity index (χ2v) is 4.48. The van der Waals surface area contributed by atoms with Crippen LogP contribution in [0.3, 0.4) is 0 Å². The van der Waals surface area contributed by atoms with Crippen molar-refractivity contribution in [3.05, 3.63) is 0 Å². The van der Waals surface area contributed by atoms with Crippen molar-refractivity contribution in [2.45, 2.75) is 45.6 Å². The number of hydrogen-bond acceptors (Lipinski definition) is 2. The van der Waals surface area contributed by atoms with Crippen molar-refractivity contribution in [1.29, 1.82) is 0 Å². The predicted octanol–water partition coefficient (Wildman–Crippen LogP) is 1.03. The van der Waals surface area contributed by atoms with Gasteiger partial charge in [0, 0.05) is 0 Å². The minimum atomic E-state index is -0.511. The lowest BCUT2D eigenvalue weighted by Crippen LogP contribution is -2.58. The Kier molecular flexibility index (Phi) is 2.66. The first-order valence-electron chi connectivity index (χ1n) is 5.01. The zero-order chi connectivity index (χ0) is 10.1. The molecule has 0 bridgehead atoms. The summed E-state index contributed by atoms with van der Waals surface area (Å²) in [6.45, 7) is 7.00. The van der Waals surface area contributed by atoms with Gasteiger partial charge in [-0.2, -0.15) is 0 Å². The van der Waals surface area contributed by atoms with Gasteiger partial charge in [-0.25, -0.2) is 0 Å². The van der Waals surface area contributed by atoms with Gasteiger partial charge in [-0.15, -0.1) is 0 Å². The normalized spacial score (nSPS) is 23.6. The Labute approximate surface area is 80.1 Å². The average Bonchev–Trinajstić information content (AvgIpc) is 2.80. The molecule has 3 N–H and O–H groups in total. The van der Waals surface area contributed by atoms with Gasteiger partial charge < -0.3 is 11.1 Å². The van der Waals surface area contributed by atoms with Crippen molar-refractivity contribution in [1.82, 2.24) is 5.32 Å². The number of amides is 1. The molecule has 0 aromatic carbocycles. The third-order valence-corrected chi connectivity index (χ3v) is 3.43. The highest BCUT2D eigenvalue weighted by atomic mass is 16.1. The van der Waals surface area contributed by atoms with Crippen molar-refractivity contribution < 1.29 is 4.79 Å². The third-order valence-electron chi connectivity index (χ3n) is 3.43. The van der Waals surface area contributed by atoms with E-state index < -0.39 is 5.54 Å². The second kappa shape index (κ2) is 3.29. The molecule has 1 saturated carbocycles. The van der Waals surface area contributed by atoms with E-state index in [4.69, 9.17) is 5.73 Å². The van der Waals surface area contributed by atoms with E-state index in [1.807, 2.05) is 6.92 Å². The van der Waals surface area contributed by atoms with Crippen molar-refractivity contribution in [3.63, 3.8) is 0 Å². The van der Waals surface area contributed by atoms with Gasteiger partial charge in [0.05, 0.1) is 0 Å². The van der Waals surface area contributed by atoms with E-state index in [0.717, 1.165) is 25.8 Å². The molecule has 13 heavy (non-hydrogen) atoms. The quantitative estimate of drug-likeness (QED) is 0.670. The zero-order valence-electron chi connectivity index (χ0n) is 8.81. The van der Waals surface area contributed by atoms with Crippen molar-refractivity contribution in [2.24, 2.45) is 11.1 Å². The van der Waals surface area contributed by atoms with E-state index >= 15 is 0 Å². The maximum atomic E-state index is 11.4. The molecule has 76 valence electrons. The van der Waals surface area contributed by atoms with Gasteiger partial charge in [-0.1, -0.05) is 13.8 Å². The molecule has 1 atom stereocenters.